The van der Waals surface area contributed by atoms with E-state index in [0.29, 0.717) is 12.6 Å². The number of methoxy groups -OCH3 is 2. The van der Waals surface area contributed by atoms with E-state index in [1.807, 2.05) is 0 Å². The lowest BCUT2D eigenvalue weighted by Crippen LogP contribution is -2.59. The van der Waals surface area contributed by atoms with Gasteiger partial charge in [-0.2, -0.15) is 0 Å². The molecule has 5 nitrogen and oxygen atoms in total. The number of nitrogens with two attached hydrogens (primary N) is 1. The zero-order valence-corrected chi connectivity index (χ0v) is 13.2. The highest BCUT2D eigenvalue weighted by Crippen LogP contribution is 2.26. The van der Waals surface area contributed by atoms with Crippen molar-refractivity contribution in [2.45, 2.75) is 44.1 Å². The average molecular weight is 273 g/mol. The second-order valence-corrected chi connectivity index (χ2v) is 5.98. The van der Waals surface area contributed by atoms with E-state index in [4.69, 9.17) is 15.2 Å². The van der Waals surface area contributed by atoms with Crippen LogP contribution >= 0.6 is 0 Å². The van der Waals surface area contributed by atoms with Gasteiger partial charge in [-0.05, 0) is 40.4 Å². The van der Waals surface area contributed by atoms with Crippen molar-refractivity contribution in [3.05, 3.63) is 0 Å². The Kier molecular flexibility index (Phi) is 6.69. The van der Waals surface area contributed by atoms with Crippen molar-refractivity contribution in [1.82, 2.24) is 9.80 Å². The Balaban J connectivity index is 2.70. The van der Waals surface area contributed by atoms with Gasteiger partial charge in [-0.3, -0.25) is 4.90 Å². The molecule has 0 aromatic heterocycles. The standard InChI is InChI=1S/C14H31N3O2/c1-14(11-15,9-13(18-4)19-5)17(3)12-7-6-8-16(2)10-12/h12-13H,6-11,15H2,1-5H3. The summed E-state index contributed by atoms with van der Waals surface area (Å²) in [5, 5.41) is 0. The molecule has 0 saturated carbocycles. The maximum atomic E-state index is 6.04. The predicted octanol–water partition coefficient (Wildman–Crippen LogP) is 0.739. The van der Waals surface area contributed by atoms with Crippen LogP contribution in [0.1, 0.15) is 26.2 Å². The topological polar surface area (TPSA) is 51.0 Å². The summed E-state index contributed by atoms with van der Waals surface area (Å²) in [4.78, 5) is 4.82. The van der Waals surface area contributed by atoms with Crippen LogP contribution in [0.4, 0.5) is 0 Å². The van der Waals surface area contributed by atoms with Gasteiger partial charge in [-0.15, -0.1) is 0 Å². The summed E-state index contributed by atoms with van der Waals surface area (Å²) >= 11 is 0. The summed E-state index contributed by atoms with van der Waals surface area (Å²) in [6.45, 7) is 5.11. The first-order chi connectivity index (χ1) is 8.96. The number of rotatable bonds is 7. The molecule has 0 radical (unpaired) electrons. The zero-order chi connectivity index (χ0) is 14.5. The SMILES string of the molecule is COC(CC(C)(CN)N(C)C1CCCN(C)C1)OC. The highest BCUT2D eigenvalue weighted by atomic mass is 16.7. The number of hydrogen-bond acceptors (Lipinski definition) is 5. The van der Waals surface area contributed by atoms with Gasteiger partial charge < -0.3 is 20.1 Å². The zero-order valence-electron chi connectivity index (χ0n) is 13.2. The largest absolute Gasteiger partial charge is 0.356 e. The van der Waals surface area contributed by atoms with Crippen LogP contribution in [0.2, 0.25) is 0 Å². The molecule has 1 rings (SSSR count). The van der Waals surface area contributed by atoms with E-state index in [1.54, 1.807) is 14.2 Å². The molecule has 1 heterocycles. The number of hydrogen-bond donors (Lipinski definition) is 1. The lowest BCUT2D eigenvalue weighted by Gasteiger charge is -2.46. The lowest BCUT2D eigenvalue weighted by molar-refractivity contribution is -0.131. The summed E-state index contributed by atoms with van der Waals surface area (Å²) in [5.74, 6) is 0. The molecule has 0 aromatic carbocycles. The quantitative estimate of drug-likeness (QED) is 0.693. The second-order valence-electron chi connectivity index (χ2n) is 5.98. The van der Waals surface area contributed by atoms with Crippen molar-refractivity contribution in [2.75, 3.05) is 47.9 Å². The Morgan fingerprint density at radius 3 is 2.53 bits per heavy atom. The van der Waals surface area contributed by atoms with Gasteiger partial charge >= 0.3 is 0 Å². The van der Waals surface area contributed by atoms with Crippen molar-refractivity contribution >= 4 is 0 Å². The van der Waals surface area contributed by atoms with Crippen molar-refractivity contribution in [3.8, 4) is 0 Å². The molecule has 1 aliphatic rings. The Labute approximate surface area is 118 Å². The maximum Gasteiger partial charge on any atom is 0.158 e. The summed E-state index contributed by atoms with van der Waals surface area (Å²) in [6.07, 6.45) is 3.08. The molecule has 1 aliphatic heterocycles. The monoisotopic (exact) mass is 273 g/mol. The third kappa shape index (κ3) is 4.39. The Bertz CT molecular complexity index is 261. The molecule has 2 atom stereocenters. The first-order valence-electron chi connectivity index (χ1n) is 7.14. The van der Waals surface area contributed by atoms with Crippen LogP contribution < -0.4 is 5.73 Å². The summed E-state index contributed by atoms with van der Waals surface area (Å²) in [5.41, 5.74) is 5.94. The van der Waals surface area contributed by atoms with E-state index in [-0.39, 0.29) is 11.8 Å². The van der Waals surface area contributed by atoms with Gasteiger partial charge in [0, 0.05) is 45.3 Å². The van der Waals surface area contributed by atoms with Crippen molar-refractivity contribution < 1.29 is 9.47 Å². The molecule has 114 valence electrons. The summed E-state index contributed by atoms with van der Waals surface area (Å²) in [6, 6.07) is 0.557. The smallest absolute Gasteiger partial charge is 0.158 e. The lowest BCUT2D eigenvalue weighted by atomic mass is 9.91. The van der Waals surface area contributed by atoms with Gasteiger partial charge in [0.1, 0.15) is 0 Å². The first kappa shape index (κ1) is 16.9. The van der Waals surface area contributed by atoms with Gasteiger partial charge in [-0.25, -0.2) is 0 Å². The molecule has 0 amide bonds. The van der Waals surface area contributed by atoms with E-state index >= 15 is 0 Å². The molecule has 1 saturated heterocycles. The normalized spacial score (nSPS) is 24.9. The number of piperidine rings is 1. The minimum absolute atomic E-state index is 0.0977. The minimum Gasteiger partial charge on any atom is -0.356 e. The molecule has 0 aromatic rings. The van der Waals surface area contributed by atoms with Gasteiger partial charge in [0.15, 0.2) is 6.29 Å². The molecule has 5 heteroatoms. The van der Waals surface area contributed by atoms with Crippen LogP contribution in [0, 0.1) is 0 Å². The fourth-order valence-corrected chi connectivity index (χ4v) is 2.89. The van der Waals surface area contributed by atoms with Gasteiger partial charge in [0.2, 0.25) is 0 Å². The second kappa shape index (κ2) is 7.55. The molecule has 1 fully saturated rings. The van der Waals surface area contributed by atoms with E-state index in [2.05, 4.69) is 30.8 Å². The van der Waals surface area contributed by atoms with Gasteiger partial charge in [0.25, 0.3) is 0 Å². The van der Waals surface area contributed by atoms with Crippen LogP contribution in [0.3, 0.4) is 0 Å². The van der Waals surface area contributed by atoms with E-state index in [0.717, 1.165) is 13.0 Å². The molecule has 2 unspecified atom stereocenters. The Morgan fingerprint density at radius 1 is 1.42 bits per heavy atom. The Morgan fingerprint density at radius 2 is 2.05 bits per heavy atom. The van der Waals surface area contributed by atoms with Crippen LogP contribution in [0.15, 0.2) is 0 Å². The van der Waals surface area contributed by atoms with E-state index < -0.39 is 0 Å². The number of ether oxygens (including phenoxy) is 2. The van der Waals surface area contributed by atoms with E-state index in [9.17, 15) is 0 Å². The molecule has 0 bridgehead atoms. The first-order valence-corrected chi connectivity index (χ1v) is 7.14. The Hall–Kier alpha value is -0.200. The van der Waals surface area contributed by atoms with Crippen molar-refractivity contribution in [1.29, 1.82) is 0 Å². The van der Waals surface area contributed by atoms with Gasteiger partial charge in [-0.1, -0.05) is 0 Å². The molecular formula is C14H31N3O2. The third-order valence-electron chi connectivity index (χ3n) is 4.57. The fourth-order valence-electron chi connectivity index (χ4n) is 2.89. The fraction of sp³-hybridized carbons (Fsp3) is 1.00. The van der Waals surface area contributed by atoms with E-state index in [1.165, 1.54) is 19.4 Å². The van der Waals surface area contributed by atoms with Gasteiger partial charge in [0.05, 0.1) is 0 Å². The van der Waals surface area contributed by atoms with Crippen molar-refractivity contribution in [3.63, 3.8) is 0 Å². The highest BCUT2D eigenvalue weighted by molar-refractivity contribution is 4.92. The highest BCUT2D eigenvalue weighted by Gasteiger charge is 2.36. The third-order valence-corrected chi connectivity index (χ3v) is 4.57. The number of nitrogens with zero attached hydrogens (tertiary/aromatic N) is 2. The average Bonchev–Trinajstić information content (AvgIpc) is 2.43. The number of likely N-dealkylation sites (tertiary alicyclic amines) is 1. The van der Waals surface area contributed by atoms with Crippen LogP contribution in [-0.4, -0.2) is 75.6 Å². The molecule has 2 N–H and O–H groups in total. The van der Waals surface area contributed by atoms with Crippen LogP contribution in [0.25, 0.3) is 0 Å². The molecule has 0 aliphatic carbocycles. The van der Waals surface area contributed by atoms with Crippen LogP contribution in [0.5, 0.6) is 0 Å². The summed E-state index contributed by atoms with van der Waals surface area (Å²) < 4.78 is 10.7. The molecular weight excluding hydrogens is 242 g/mol. The predicted molar refractivity (Wildman–Crippen MR) is 78.2 cm³/mol. The molecule has 0 spiro atoms. The summed E-state index contributed by atoms with van der Waals surface area (Å²) in [7, 11) is 7.73. The maximum absolute atomic E-state index is 6.04. The minimum atomic E-state index is -0.197. The van der Waals surface area contributed by atoms with Crippen molar-refractivity contribution in [2.24, 2.45) is 5.73 Å². The number of likely N-dealkylation sites (N-methyl/N-ethyl adjacent to an activating group) is 2. The molecule has 19 heavy (non-hydrogen) atoms. The van der Waals surface area contributed by atoms with Crippen LogP contribution in [-0.2, 0) is 9.47 Å².